The van der Waals surface area contributed by atoms with Gasteiger partial charge in [-0.1, -0.05) is 6.92 Å². The number of carboxylic acids is 1. The molecule has 8 heteroatoms. The van der Waals surface area contributed by atoms with Gasteiger partial charge in [-0.3, -0.25) is 4.79 Å². The Morgan fingerprint density at radius 3 is 2.56 bits per heavy atom. The average Bonchev–Trinajstić information content (AvgIpc) is 2.58. The third-order valence-electron chi connectivity index (χ3n) is 2.76. The van der Waals surface area contributed by atoms with E-state index in [2.05, 4.69) is 4.74 Å². The fraction of sp³-hybridized carbons (Fsp3) is 0.800. The van der Waals surface area contributed by atoms with Gasteiger partial charge < -0.3 is 14.7 Å². The summed E-state index contributed by atoms with van der Waals surface area (Å²) >= 11 is 0. The highest BCUT2D eigenvalue weighted by Crippen LogP contribution is 2.24. The van der Waals surface area contributed by atoms with Gasteiger partial charge in [0.15, 0.2) is 0 Å². The molecule has 0 radical (unpaired) electrons. The Morgan fingerprint density at radius 1 is 1.44 bits per heavy atom. The Labute approximate surface area is 102 Å². The lowest BCUT2D eigenvalue weighted by Crippen LogP contribution is -2.44. The van der Waals surface area contributed by atoms with Crippen molar-refractivity contribution in [2.24, 2.45) is 5.92 Å². The van der Waals surface area contributed by atoms with E-state index in [9.17, 15) is 22.8 Å². The third kappa shape index (κ3) is 3.86. The van der Waals surface area contributed by atoms with E-state index in [1.807, 2.05) is 0 Å². The third-order valence-corrected chi connectivity index (χ3v) is 2.76. The summed E-state index contributed by atoms with van der Waals surface area (Å²) in [5.41, 5.74) is 0. The molecule has 5 nitrogen and oxygen atoms in total. The molecule has 104 valence electrons. The number of aliphatic carboxylic acids is 1. The van der Waals surface area contributed by atoms with E-state index in [0.717, 1.165) is 4.90 Å². The standard InChI is InChI=1S/C10H14F3NO4/c1-6-2-3-14(8(6)9(16)17)7(15)4-18-5-10(11,12)13/h6,8H,2-5H2,1H3,(H,16,17). The van der Waals surface area contributed by atoms with Crippen LogP contribution in [0.3, 0.4) is 0 Å². The van der Waals surface area contributed by atoms with Gasteiger partial charge in [0.2, 0.25) is 5.91 Å². The van der Waals surface area contributed by atoms with Crippen LogP contribution in [0.15, 0.2) is 0 Å². The van der Waals surface area contributed by atoms with Crippen molar-refractivity contribution in [1.82, 2.24) is 4.90 Å². The lowest BCUT2D eigenvalue weighted by Gasteiger charge is -2.23. The maximum absolute atomic E-state index is 11.8. The quantitative estimate of drug-likeness (QED) is 0.823. The van der Waals surface area contributed by atoms with Gasteiger partial charge in [0, 0.05) is 6.54 Å². The summed E-state index contributed by atoms with van der Waals surface area (Å²) in [5, 5.41) is 8.94. The molecule has 1 rings (SSSR count). The SMILES string of the molecule is CC1CCN(C(=O)COCC(F)(F)F)C1C(=O)O. The predicted octanol–water partition coefficient (Wildman–Crippen LogP) is 0.887. The van der Waals surface area contributed by atoms with Crippen molar-refractivity contribution in [3.63, 3.8) is 0 Å². The summed E-state index contributed by atoms with van der Waals surface area (Å²) in [4.78, 5) is 23.6. The molecule has 0 aromatic carbocycles. The second-order valence-corrected chi connectivity index (χ2v) is 4.24. The molecule has 1 heterocycles. The number of carbonyl (C=O) groups excluding carboxylic acids is 1. The van der Waals surface area contributed by atoms with Gasteiger partial charge in [0.25, 0.3) is 0 Å². The molecule has 0 aliphatic carbocycles. The van der Waals surface area contributed by atoms with Gasteiger partial charge in [-0.2, -0.15) is 13.2 Å². The van der Waals surface area contributed by atoms with E-state index in [4.69, 9.17) is 5.11 Å². The van der Waals surface area contributed by atoms with E-state index >= 15 is 0 Å². The summed E-state index contributed by atoms with van der Waals surface area (Å²) in [6.45, 7) is -0.356. The molecule has 1 aliphatic heterocycles. The van der Waals surface area contributed by atoms with Crippen molar-refractivity contribution in [1.29, 1.82) is 0 Å². The topological polar surface area (TPSA) is 66.8 Å². The highest BCUT2D eigenvalue weighted by molar-refractivity contribution is 5.85. The minimum atomic E-state index is -4.50. The smallest absolute Gasteiger partial charge is 0.411 e. The number of amides is 1. The van der Waals surface area contributed by atoms with E-state index in [1.54, 1.807) is 6.92 Å². The lowest BCUT2D eigenvalue weighted by atomic mass is 10.0. The molecule has 0 spiro atoms. The number of alkyl halides is 3. The molecule has 2 unspecified atom stereocenters. The molecule has 1 aliphatic rings. The van der Waals surface area contributed by atoms with Crippen LogP contribution in [-0.2, 0) is 14.3 Å². The van der Waals surface area contributed by atoms with Crippen LogP contribution in [-0.4, -0.2) is 53.9 Å². The van der Waals surface area contributed by atoms with Gasteiger partial charge in [0.05, 0.1) is 0 Å². The van der Waals surface area contributed by atoms with Crippen LogP contribution in [0.25, 0.3) is 0 Å². The van der Waals surface area contributed by atoms with Crippen LogP contribution in [0.4, 0.5) is 13.2 Å². The van der Waals surface area contributed by atoms with Gasteiger partial charge in [-0.05, 0) is 12.3 Å². The minimum Gasteiger partial charge on any atom is -0.480 e. The van der Waals surface area contributed by atoms with Crippen LogP contribution in [0.1, 0.15) is 13.3 Å². The summed E-state index contributed by atoms with van der Waals surface area (Å²) in [5.74, 6) is -2.09. The van der Waals surface area contributed by atoms with Crippen LogP contribution in [0.5, 0.6) is 0 Å². The van der Waals surface area contributed by atoms with Crippen LogP contribution in [0.2, 0.25) is 0 Å². The summed E-state index contributed by atoms with van der Waals surface area (Å²) < 4.78 is 39.6. The van der Waals surface area contributed by atoms with Crippen molar-refractivity contribution < 1.29 is 32.6 Å². The fourth-order valence-electron chi connectivity index (χ4n) is 1.94. The van der Waals surface area contributed by atoms with E-state index in [-0.39, 0.29) is 12.5 Å². The molecular formula is C10H14F3NO4. The highest BCUT2D eigenvalue weighted by atomic mass is 19.4. The number of carboxylic acid groups (broad SMARTS) is 1. The zero-order valence-electron chi connectivity index (χ0n) is 9.74. The molecule has 0 saturated carbocycles. The van der Waals surface area contributed by atoms with Crippen molar-refractivity contribution >= 4 is 11.9 Å². The Hall–Kier alpha value is -1.31. The van der Waals surface area contributed by atoms with Gasteiger partial charge in [-0.15, -0.1) is 0 Å². The summed E-state index contributed by atoms with van der Waals surface area (Å²) in [6, 6.07) is -0.980. The molecule has 1 fully saturated rings. The van der Waals surface area contributed by atoms with Crippen LogP contribution in [0, 0.1) is 5.92 Å². The Balaban J connectivity index is 2.49. The van der Waals surface area contributed by atoms with E-state index < -0.39 is 37.3 Å². The molecule has 1 N–H and O–H groups in total. The molecule has 0 aromatic rings. The first kappa shape index (κ1) is 14.7. The number of nitrogens with zero attached hydrogens (tertiary/aromatic N) is 1. The Morgan fingerprint density at radius 2 is 2.06 bits per heavy atom. The number of likely N-dealkylation sites (tertiary alicyclic amines) is 1. The van der Waals surface area contributed by atoms with Gasteiger partial charge >= 0.3 is 12.1 Å². The molecule has 18 heavy (non-hydrogen) atoms. The normalized spacial score (nSPS) is 24.3. The molecule has 0 bridgehead atoms. The first-order valence-corrected chi connectivity index (χ1v) is 5.39. The van der Waals surface area contributed by atoms with Crippen LogP contribution >= 0.6 is 0 Å². The summed E-state index contributed by atoms with van der Waals surface area (Å²) in [7, 11) is 0. The van der Waals surface area contributed by atoms with Crippen molar-refractivity contribution in [3.8, 4) is 0 Å². The predicted molar refractivity (Wildman–Crippen MR) is 53.8 cm³/mol. The summed E-state index contributed by atoms with van der Waals surface area (Å²) in [6.07, 6.45) is -3.98. The fourth-order valence-corrected chi connectivity index (χ4v) is 1.94. The van der Waals surface area contributed by atoms with Crippen molar-refractivity contribution in [2.75, 3.05) is 19.8 Å². The number of hydrogen-bond acceptors (Lipinski definition) is 3. The first-order valence-electron chi connectivity index (χ1n) is 5.39. The van der Waals surface area contributed by atoms with Crippen LogP contribution < -0.4 is 0 Å². The first-order chi connectivity index (χ1) is 8.22. The zero-order valence-corrected chi connectivity index (χ0v) is 9.74. The maximum atomic E-state index is 11.8. The van der Waals surface area contributed by atoms with E-state index in [1.165, 1.54) is 0 Å². The zero-order chi connectivity index (χ0) is 13.9. The number of carbonyl (C=O) groups is 2. The maximum Gasteiger partial charge on any atom is 0.411 e. The lowest BCUT2D eigenvalue weighted by molar-refractivity contribution is -0.179. The number of rotatable bonds is 4. The Kier molecular flexibility index (Phi) is 4.55. The Bertz CT molecular complexity index is 332. The minimum absolute atomic E-state index is 0.214. The number of halogens is 3. The van der Waals surface area contributed by atoms with Crippen molar-refractivity contribution in [3.05, 3.63) is 0 Å². The molecule has 2 atom stereocenters. The average molecular weight is 269 g/mol. The molecular weight excluding hydrogens is 255 g/mol. The molecule has 0 aromatic heterocycles. The molecule has 1 amide bonds. The largest absolute Gasteiger partial charge is 0.480 e. The van der Waals surface area contributed by atoms with E-state index in [0.29, 0.717) is 6.42 Å². The van der Waals surface area contributed by atoms with Gasteiger partial charge in [-0.25, -0.2) is 4.79 Å². The number of hydrogen-bond donors (Lipinski definition) is 1. The highest BCUT2D eigenvalue weighted by Gasteiger charge is 2.39. The monoisotopic (exact) mass is 269 g/mol. The number of ether oxygens (including phenoxy) is 1. The second-order valence-electron chi connectivity index (χ2n) is 4.24. The van der Waals surface area contributed by atoms with Crippen molar-refractivity contribution in [2.45, 2.75) is 25.6 Å². The second kappa shape index (κ2) is 5.55. The van der Waals surface area contributed by atoms with Gasteiger partial charge in [0.1, 0.15) is 19.3 Å². The molecule has 1 saturated heterocycles.